The van der Waals surface area contributed by atoms with Crippen LogP contribution in [0.4, 0.5) is 0 Å². The topological polar surface area (TPSA) is 57.0 Å². The lowest BCUT2D eigenvalue weighted by Gasteiger charge is -2.14. The standard InChI is InChI=1S/C14H16BrN3O2/c1-2-20-14(19)13-17-11-7-9(15)8-16-12(11)18(13)10-5-3-4-6-10/h7-8,10H,2-6H2,1H3. The van der Waals surface area contributed by atoms with E-state index in [1.54, 1.807) is 13.1 Å². The number of aromatic nitrogens is 3. The first-order valence-corrected chi connectivity index (χ1v) is 7.70. The summed E-state index contributed by atoms with van der Waals surface area (Å²) >= 11 is 3.39. The van der Waals surface area contributed by atoms with Crippen molar-refractivity contribution in [1.29, 1.82) is 0 Å². The maximum atomic E-state index is 12.1. The molecule has 0 bridgehead atoms. The fourth-order valence-corrected chi connectivity index (χ4v) is 3.12. The van der Waals surface area contributed by atoms with E-state index in [-0.39, 0.29) is 5.97 Å². The molecule has 1 aliphatic rings. The zero-order valence-electron chi connectivity index (χ0n) is 11.3. The van der Waals surface area contributed by atoms with Gasteiger partial charge in [-0.05, 0) is 41.8 Å². The molecule has 0 unspecified atom stereocenters. The number of imidazole rings is 1. The van der Waals surface area contributed by atoms with E-state index in [4.69, 9.17) is 4.74 Å². The molecule has 0 aromatic carbocycles. The van der Waals surface area contributed by atoms with Crippen LogP contribution in [0.5, 0.6) is 0 Å². The SMILES string of the molecule is CCOC(=O)c1nc2cc(Br)cnc2n1C1CCCC1. The number of hydrogen-bond donors (Lipinski definition) is 0. The Morgan fingerprint density at radius 1 is 1.50 bits per heavy atom. The molecule has 2 heterocycles. The zero-order chi connectivity index (χ0) is 14.1. The second-order valence-electron chi connectivity index (χ2n) is 4.96. The highest BCUT2D eigenvalue weighted by atomic mass is 79.9. The van der Waals surface area contributed by atoms with Crippen molar-refractivity contribution >= 4 is 33.1 Å². The molecule has 1 saturated carbocycles. The average Bonchev–Trinajstić information content (AvgIpc) is 3.04. The molecule has 20 heavy (non-hydrogen) atoms. The van der Waals surface area contributed by atoms with Gasteiger partial charge in [-0.2, -0.15) is 0 Å². The van der Waals surface area contributed by atoms with E-state index in [9.17, 15) is 4.79 Å². The highest BCUT2D eigenvalue weighted by molar-refractivity contribution is 9.10. The molecule has 2 aromatic rings. The van der Waals surface area contributed by atoms with Crippen LogP contribution in [0.3, 0.4) is 0 Å². The molecule has 0 atom stereocenters. The number of carbonyl (C=O) groups is 1. The molecule has 1 fully saturated rings. The number of rotatable bonds is 3. The fraction of sp³-hybridized carbons (Fsp3) is 0.500. The molecule has 0 amide bonds. The van der Waals surface area contributed by atoms with Crippen molar-refractivity contribution in [2.24, 2.45) is 0 Å². The summed E-state index contributed by atoms with van der Waals surface area (Å²) in [5, 5.41) is 0. The second-order valence-corrected chi connectivity index (χ2v) is 5.88. The van der Waals surface area contributed by atoms with E-state index >= 15 is 0 Å². The zero-order valence-corrected chi connectivity index (χ0v) is 12.9. The van der Waals surface area contributed by atoms with Gasteiger partial charge in [-0.3, -0.25) is 4.57 Å². The molecule has 0 saturated heterocycles. The Kier molecular flexibility index (Phi) is 3.74. The van der Waals surface area contributed by atoms with E-state index in [1.165, 1.54) is 12.8 Å². The van der Waals surface area contributed by atoms with E-state index < -0.39 is 0 Å². The summed E-state index contributed by atoms with van der Waals surface area (Å²) in [6, 6.07) is 2.18. The Bertz CT molecular complexity index is 647. The van der Waals surface area contributed by atoms with Gasteiger partial charge in [-0.15, -0.1) is 0 Å². The first kappa shape index (κ1) is 13.5. The number of carbonyl (C=O) groups excluding carboxylic acids is 1. The van der Waals surface area contributed by atoms with Crippen molar-refractivity contribution in [2.75, 3.05) is 6.61 Å². The molecule has 5 nitrogen and oxygen atoms in total. The van der Waals surface area contributed by atoms with Gasteiger partial charge in [-0.25, -0.2) is 14.8 Å². The third-order valence-electron chi connectivity index (χ3n) is 3.64. The van der Waals surface area contributed by atoms with Gasteiger partial charge in [0, 0.05) is 16.7 Å². The van der Waals surface area contributed by atoms with Gasteiger partial charge in [-0.1, -0.05) is 12.8 Å². The molecule has 0 spiro atoms. The summed E-state index contributed by atoms with van der Waals surface area (Å²) < 4.78 is 7.95. The van der Waals surface area contributed by atoms with Crippen LogP contribution in [0, 0.1) is 0 Å². The van der Waals surface area contributed by atoms with E-state index in [2.05, 4.69) is 25.9 Å². The molecule has 3 rings (SSSR count). The second kappa shape index (κ2) is 5.52. The molecule has 106 valence electrons. The Morgan fingerprint density at radius 2 is 2.25 bits per heavy atom. The monoisotopic (exact) mass is 337 g/mol. The molecule has 0 radical (unpaired) electrons. The maximum absolute atomic E-state index is 12.1. The highest BCUT2D eigenvalue weighted by Crippen LogP contribution is 2.33. The van der Waals surface area contributed by atoms with Crippen LogP contribution in [0.25, 0.3) is 11.2 Å². The Hall–Kier alpha value is -1.43. The van der Waals surface area contributed by atoms with Crippen molar-refractivity contribution < 1.29 is 9.53 Å². The van der Waals surface area contributed by atoms with Crippen molar-refractivity contribution in [3.05, 3.63) is 22.6 Å². The van der Waals surface area contributed by atoms with Crippen molar-refractivity contribution in [2.45, 2.75) is 38.6 Å². The molecular weight excluding hydrogens is 322 g/mol. The summed E-state index contributed by atoms with van der Waals surface area (Å²) in [4.78, 5) is 21.0. The fourth-order valence-electron chi connectivity index (χ4n) is 2.81. The first-order chi connectivity index (χ1) is 9.70. The van der Waals surface area contributed by atoms with Crippen LogP contribution in [-0.4, -0.2) is 27.1 Å². The van der Waals surface area contributed by atoms with Gasteiger partial charge in [0.05, 0.1) is 6.61 Å². The lowest BCUT2D eigenvalue weighted by Crippen LogP contribution is -2.16. The highest BCUT2D eigenvalue weighted by Gasteiger charge is 2.27. The Balaban J connectivity index is 2.15. The molecular formula is C14H16BrN3O2. The third-order valence-corrected chi connectivity index (χ3v) is 4.08. The van der Waals surface area contributed by atoms with Gasteiger partial charge in [0.15, 0.2) is 5.65 Å². The Labute approximate surface area is 125 Å². The first-order valence-electron chi connectivity index (χ1n) is 6.91. The average molecular weight is 338 g/mol. The summed E-state index contributed by atoms with van der Waals surface area (Å²) in [6.45, 7) is 2.15. The van der Waals surface area contributed by atoms with Gasteiger partial charge in [0.2, 0.25) is 5.82 Å². The van der Waals surface area contributed by atoms with Crippen molar-refractivity contribution in [3.8, 4) is 0 Å². The molecule has 1 aliphatic carbocycles. The Morgan fingerprint density at radius 3 is 2.95 bits per heavy atom. The van der Waals surface area contributed by atoms with Crippen LogP contribution in [0.1, 0.15) is 49.3 Å². The van der Waals surface area contributed by atoms with Crippen molar-refractivity contribution in [1.82, 2.24) is 14.5 Å². The molecule has 0 N–H and O–H groups in total. The van der Waals surface area contributed by atoms with Gasteiger partial charge in [0.1, 0.15) is 5.52 Å². The minimum atomic E-state index is -0.367. The smallest absolute Gasteiger partial charge is 0.374 e. The minimum Gasteiger partial charge on any atom is -0.460 e. The van der Waals surface area contributed by atoms with Crippen LogP contribution in [0.2, 0.25) is 0 Å². The quantitative estimate of drug-likeness (QED) is 0.804. The number of pyridine rings is 1. The number of fused-ring (bicyclic) bond motifs is 1. The minimum absolute atomic E-state index is 0.299. The number of nitrogens with zero attached hydrogens (tertiary/aromatic N) is 3. The molecule has 0 aliphatic heterocycles. The number of esters is 1. The van der Waals surface area contributed by atoms with Crippen LogP contribution in [-0.2, 0) is 4.74 Å². The van der Waals surface area contributed by atoms with E-state index in [0.717, 1.165) is 28.5 Å². The largest absolute Gasteiger partial charge is 0.460 e. The normalized spacial score (nSPS) is 15.9. The number of halogens is 1. The summed E-state index contributed by atoms with van der Waals surface area (Å²) in [6.07, 6.45) is 6.24. The summed E-state index contributed by atoms with van der Waals surface area (Å²) in [5.41, 5.74) is 1.50. The van der Waals surface area contributed by atoms with Crippen LogP contribution >= 0.6 is 15.9 Å². The molecule has 6 heteroatoms. The van der Waals surface area contributed by atoms with Crippen LogP contribution < -0.4 is 0 Å². The lowest BCUT2D eigenvalue weighted by molar-refractivity contribution is 0.0504. The van der Waals surface area contributed by atoms with Gasteiger partial charge >= 0.3 is 5.97 Å². The van der Waals surface area contributed by atoms with Gasteiger partial charge < -0.3 is 4.74 Å². The number of hydrogen-bond acceptors (Lipinski definition) is 4. The van der Waals surface area contributed by atoms with Gasteiger partial charge in [0.25, 0.3) is 0 Å². The third kappa shape index (κ3) is 2.32. The molecule has 2 aromatic heterocycles. The van der Waals surface area contributed by atoms with Crippen LogP contribution in [0.15, 0.2) is 16.7 Å². The summed E-state index contributed by atoms with van der Waals surface area (Å²) in [7, 11) is 0. The predicted molar refractivity (Wildman–Crippen MR) is 78.7 cm³/mol. The lowest BCUT2D eigenvalue weighted by atomic mass is 10.2. The number of ether oxygens (including phenoxy) is 1. The summed E-state index contributed by atoms with van der Waals surface area (Å²) in [5.74, 6) is 0.00729. The van der Waals surface area contributed by atoms with E-state index in [1.807, 2.05) is 10.6 Å². The van der Waals surface area contributed by atoms with E-state index in [0.29, 0.717) is 18.5 Å². The maximum Gasteiger partial charge on any atom is 0.374 e. The van der Waals surface area contributed by atoms with Crippen molar-refractivity contribution in [3.63, 3.8) is 0 Å². The predicted octanol–water partition coefficient (Wildman–Crippen LogP) is 3.49.